The highest BCUT2D eigenvalue weighted by Gasteiger charge is 2.26. The summed E-state index contributed by atoms with van der Waals surface area (Å²) in [5, 5.41) is 2.03. The van der Waals surface area contributed by atoms with Gasteiger partial charge in [-0.2, -0.15) is 0 Å². The van der Waals surface area contributed by atoms with Gasteiger partial charge in [0.2, 0.25) is 10.0 Å². The first-order valence-corrected chi connectivity index (χ1v) is 8.92. The van der Waals surface area contributed by atoms with E-state index >= 15 is 0 Å². The number of H-pyrrole nitrogens is 1. The molecule has 0 amide bonds. The van der Waals surface area contributed by atoms with Gasteiger partial charge in [-0.25, -0.2) is 13.1 Å². The zero-order valence-electron chi connectivity index (χ0n) is 10.9. The van der Waals surface area contributed by atoms with Gasteiger partial charge in [0.05, 0.1) is 4.90 Å². The second-order valence-corrected chi connectivity index (χ2v) is 7.64. The molecule has 0 fully saturated rings. The molecular weight excluding hydrogens is 294 g/mol. The van der Waals surface area contributed by atoms with Crippen LogP contribution in [0.3, 0.4) is 0 Å². The van der Waals surface area contributed by atoms with Crippen LogP contribution in [0.1, 0.15) is 35.0 Å². The molecular formula is C13H17N3O2S2. The van der Waals surface area contributed by atoms with Gasteiger partial charge in [0.1, 0.15) is 0 Å². The number of hydrogen-bond acceptors (Lipinski definition) is 4. The maximum Gasteiger partial charge on any atom is 0.242 e. The highest BCUT2D eigenvalue weighted by Crippen LogP contribution is 2.34. The van der Waals surface area contributed by atoms with Crippen LogP contribution < -0.4 is 10.5 Å². The van der Waals surface area contributed by atoms with Crippen LogP contribution >= 0.6 is 11.3 Å². The van der Waals surface area contributed by atoms with Crippen molar-refractivity contribution in [1.82, 2.24) is 9.71 Å². The van der Waals surface area contributed by atoms with Crippen LogP contribution in [-0.2, 0) is 23.0 Å². The molecule has 0 radical (unpaired) electrons. The van der Waals surface area contributed by atoms with Crippen LogP contribution in [0.5, 0.6) is 0 Å². The Hall–Kier alpha value is -1.15. The van der Waals surface area contributed by atoms with Crippen molar-refractivity contribution < 1.29 is 8.42 Å². The summed E-state index contributed by atoms with van der Waals surface area (Å²) >= 11 is 1.70. The molecule has 20 heavy (non-hydrogen) atoms. The molecule has 0 saturated heterocycles. The molecule has 5 nitrogen and oxygen atoms in total. The molecule has 108 valence electrons. The smallest absolute Gasteiger partial charge is 0.242 e. The number of fused-ring (bicyclic) bond motifs is 1. The summed E-state index contributed by atoms with van der Waals surface area (Å²) in [6.45, 7) is 0.299. The fraction of sp³-hybridized carbons (Fsp3) is 0.385. The number of rotatable bonds is 4. The standard InChI is InChI=1S/C13H17N3O2S2/c14-7-9-6-10(8-15-9)20(17,18)16-12-2-1-3-13-11(12)4-5-19-13/h4-6,8,12,15-16H,1-3,7,14H2. The van der Waals surface area contributed by atoms with Crippen molar-refractivity contribution in [3.05, 3.63) is 39.8 Å². The molecule has 2 heterocycles. The van der Waals surface area contributed by atoms with E-state index in [9.17, 15) is 8.42 Å². The van der Waals surface area contributed by atoms with E-state index < -0.39 is 10.0 Å². The quantitative estimate of drug-likeness (QED) is 0.805. The lowest BCUT2D eigenvalue weighted by Gasteiger charge is -2.23. The van der Waals surface area contributed by atoms with Gasteiger partial charge in [-0.1, -0.05) is 0 Å². The molecule has 1 aliphatic carbocycles. The molecule has 3 rings (SSSR count). The molecule has 1 aliphatic rings. The molecule has 0 aromatic carbocycles. The Balaban J connectivity index is 1.84. The first-order valence-electron chi connectivity index (χ1n) is 6.56. The minimum absolute atomic E-state index is 0.119. The lowest BCUT2D eigenvalue weighted by Crippen LogP contribution is -2.30. The lowest BCUT2D eigenvalue weighted by molar-refractivity contribution is 0.511. The Morgan fingerprint density at radius 3 is 3.10 bits per heavy atom. The minimum Gasteiger partial charge on any atom is -0.363 e. The SMILES string of the molecule is NCc1cc(S(=O)(=O)NC2CCCc3sccc32)c[nH]1. The number of hydrogen-bond donors (Lipinski definition) is 3. The maximum absolute atomic E-state index is 12.4. The first-order chi connectivity index (χ1) is 9.60. The topological polar surface area (TPSA) is 88.0 Å². The van der Waals surface area contributed by atoms with Gasteiger partial charge in [0.15, 0.2) is 0 Å². The van der Waals surface area contributed by atoms with Crippen molar-refractivity contribution >= 4 is 21.4 Å². The molecule has 0 saturated carbocycles. The van der Waals surface area contributed by atoms with Crippen LogP contribution in [0.2, 0.25) is 0 Å². The summed E-state index contributed by atoms with van der Waals surface area (Å²) in [4.78, 5) is 4.41. The number of aromatic nitrogens is 1. The molecule has 1 atom stereocenters. The van der Waals surface area contributed by atoms with E-state index in [0.29, 0.717) is 12.2 Å². The summed E-state index contributed by atoms with van der Waals surface area (Å²) in [6, 6.07) is 3.49. The number of aryl methyl sites for hydroxylation is 1. The zero-order chi connectivity index (χ0) is 14.2. The molecule has 7 heteroatoms. The number of aromatic amines is 1. The predicted molar refractivity (Wildman–Crippen MR) is 79.0 cm³/mol. The van der Waals surface area contributed by atoms with Gasteiger partial charge >= 0.3 is 0 Å². The Morgan fingerprint density at radius 1 is 1.50 bits per heavy atom. The van der Waals surface area contributed by atoms with Crippen LogP contribution in [0, 0.1) is 0 Å². The monoisotopic (exact) mass is 311 g/mol. The highest BCUT2D eigenvalue weighted by atomic mass is 32.2. The predicted octanol–water partition coefficient (Wildman–Crippen LogP) is 1.89. The Morgan fingerprint density at radius 2 is 2.35 bits per heavy atom. The first kappa shape index (κ1) is 13.8. The average molecular weight is 311 g/mol. The fourth-order valence-corrected chi connectivity index (χ4v) is 4.81. The van der Waals surface area contributed by atoms with E-state index in [1.807, 2.05) is 11.4 Å². The van der Waals surface area contributed by atoms with Gasteiger partial charge < -0.3 is 10.7 Å². The largest absolute Gasteiger partial charge is 0.363 e. The van der Waals surface area contributed by atoms with Gasteiger partial charge in [-0.3, -0.25) is 0 Å². The average Bonchev–Trinajstić information content (AvgIpc) is 3.08. The zero-order valence-corrected chi connectivity index (χ0v) is 12.6. The Kier molecular flexibility index (Phi) is 3.68. The summed E-state index contributed by atoms with van der Waals surface area (Å²) in [5.74, 6) is 0. The Labute approximate surface area is 122 Å². The van der Waals surface area contributed by atoms with Crippen molar-refractivity contribution in [3.63, 3.8) is 0 Å². The van der Waals surface area contributed by atoms with E-state index in [1.54, 1.807) is 17.4 Å². The van der Waals surface area contributed by atoms with E-state index in [2.05, 4.69) is 9.71 Å². The fourth-order valence-electron chi connectivity index (χ4n) is 2.56. The van der Waals surface area contributed by atoms with E-state index in [0.717, 1.165) is 24.8 Å². The Bertz CT molecular complexity index is 703. The lowest BCUT2D eigenvalue weighted by atomic mass is 9.95. The van der Waals surface area contributed by atoms with Gasteiger partial charge in [0.25, 0.3) is 0 Å². The van der Waals surface area contributed by atoms with E-state index in [4.69, 9.17) is 5.73 Å². The number of thiophene rings is 1. The van der Waals surface area contributed by atoms with Crippen LogP contribution in [-0.4, -0.2) is 13.4 Å². The van der Waals surface area contributed by atoms with Crippen molar-refractivity contribution in [3.8, 4) is 0 Å². The third-order valence-corrected chi connectivity index (χ3v) is 6.04. The molecule has 2 aromatic heterocycles. The van der Waals surface area contributed by atoms with Gasteiger partial charge in [-0.05, 0) is 42.3 Å². The third-order valence-electron chi connectivity index (χ3n) is 3.60. The van der Waals surface area contributed by atoms with Crippen molar-refractivity contribution in [2.45, 2.75) is 36.7 Å². The van der Waals surface area contributed by atoms with E-state index in [1.165, 1.54) is 11.1 Å². The molecule has 0 aliphatic heterocycles. The molecule has 2 aromatic rings. The second-order valence-electron chi connectivity index (χ2n) is 4.93. The molecule has 0 spiro atoms. The van der Waals surface area contributed by atoms with Crippen molar-refractivity contribution in [1.29, 1.82) is 0 Å². The highest BCUT2D eigenvalue weighted by molar-refractivity contribution is 7.89. The summed E-state index contributed by atoms with van der Waals surface area (Å²) in [6.07, 6.45) is 4.40. The third kappa shape index (κ3) is 2.54. The van der Waals surface area contributed by atoms with Crippen LogP contribution in [0.4, 0.5) is 0 Å². The number of sulfonamides is 1. The van der Waals surface area contributed by atoms with Gasteiger partial charge in [0, 0.05) is 29.4 Å². The maximum atomic E-state index is 12.4. The summed E-state index contributed by atoms with van der Waals surface area (Å²) < 4.78 is 27.6. The normalized spacial score (nSPS) is 18.9. The van der Waals surface area contributed by atoms with Gasteiger partial charge in [-0.15, -0.1) is 11.3 Å². The van der Waals surface area contributed by atoms with Crippen molar-refractivity contribution in [2.75, 3.05) is 0 Å². The summed E-state index contributed by atoms with van der Waals surface area (Å²) in [7, 11) is -3.50. The van der Waals surface area contributed by atoms with E-state index in [-0.39, 0.29) is 10.9 Å². The minimum atomic E-state index is -3.50. The van der Waals surface area contributed by atoms with Crippen LogP contribution in [0.15, 0.2) is 28.6 Å². The number of nitrogens with two attached hydrogens (primary N) is 1. The molecule has 1 unspecified atom stereocenters. The molecule has 4 N–H and O–H groups in total. The molecule has 0 bridgehead atoms. The summed E-state index contributed by atoms with van der Waals surface area (Å²) in [5.41, 5.74) is 7.33. The van der Waals surface area contributed by atoms with Crippen LogP contribution in [0.25, 0.3) is 0 Å². The second kappa shape index (κ2) is 5.33. The number of nitrogens with one attached hydrogen (secondary N) is 2. The van der Waals surface area contributed by atoms with Crippen molar-refractivity contribution in [2.24, 2.45) is 5.73 Å².